The minimum Gasteiger partial charge on any atom is -0.495 e. The number of rotatable bonds is 5. The first-order valence-electron chi connectivity index (χ1n) is 8.00. The van der Waals surface area contributed by atoms with Gasteiger partial charge in [-0.15, -0.1) is 0 Å². The van der Waals surface area contributed by atoms with Crippen molar-refractivity contribution >= 4 is 34.7 Å². The van der Waals surface area contributed by atoms with Gasteiger partial charge in [0.15, 0.2) is 0 Å². The lowest BCUT2D eigenvalue weighted by Gasteiger charge is -2.10. The number of halogens is 1. The second kappa shape index (κ2) is 7.89. The molecule has 0 saturated heterocycles. The van der Waals surface area contributed by atoms with Crippen molar-refractivity contribution in [3.05, 3.63) is 76.9 Å². The molecule has 0 radical (unpaired) electrons. The van der Waals surface area contributed by atoms with Crippen LogP contribution in [0.5, 0.6) is 5.75 Å². The zero-order chi connectivity index (χ0) is 18.5. The van der Waals surface area contributed by atoms with Gasteiger partial charge < -0.3 is 15.4 Å². The van der Waals surface area contributed by atoms with Gasteiger partial charge in [-0.05, 0) is 49.4 Å². The number of carbonyl (C=O) groups excluding carboxylic acids is 1. The normalized spacial score (nSPS) is 10.3. The van der Waals surface area contributed by atoms with Crippen LogP contribution < -0.4 is 15.4 Å². The Bertz CT molecular complexity index is 909. The van der Waals surface area contributed by atoms with E-state index in [1.807, 2.05) is 31.2 Å². The molecule has 1 amide bonds. The van der Waals surface area contributed by atoms with Crippen molar-refractivity contribution in [1.82, 2.24) is 4.98 Å². The number of nitrogens with one attached hydrogen (secondary N) is 2. The van der Waals surface area contributed by atoms with E-state index in [-0.39, 0.29) is 5.91 Å². The number of benzene rings is 2. The van der Waals surface area contributed by atoms with E-state index in [4.69, 9.17) is 16.3 Å². The van der Waals surface area contributed by atoms with Crippen molar-refractivity contribution in [3.63, 3.8) is 0 Å². The minimum atomic E-state index is -0.194. The molecule has 0 aliphatic carbocycles. The first-order chi connectivity index (χ1) is 12.5. The van der Waals surface area contributed by atoms with Gasteiger partial charge in [0, 0.05) is 11.3 Å². The van der Waals surface area contributed by atoms with Crippen LogP contribution in [0, 0.1) is 6.92 Å². The molecule has 0 unspecified atom stereocenters. The van der Waals surface area contributed by atoms with Crippen LogP contribution in [0.15, 0.2) is 60.8 Å². The molecule has 2 aromatic carbocycles. The lowest BCUT2D eigenvalue weighted by atomic mass is 10.1. The van der Waals surface area contributed by atoms with E-state index < -0.39 is 0 Å². The van der Waals surface area contributed by atoms with E-state index >= 15 is 0 Å². The Hall–Kier alpha value is -3.05. The third kappa shape index (κ3) is 4.32. The molecular formula is C20H18ClN3O2. The zero-order valence-electron chi connectivity index (χ0n) is 14.4. The molecular weight excluding hydrogens is 350 g/mol. The maximum atomic E-state index is 12.2. The van der Waals surface area contributed by atoms with E-state index in [2.05, 4.69) is 15.6 Å². The van der Waals surface area contributed by atoms with Gasteiger partial charge in [-0.2, -0.15) is 0 Å². The average molecular weight is 368 g/mol. The summed E-state index contributed by atoms with van der Waals surface area (Å²) in [7, 11) is 1.57. The van der Waals surface area contributed by atoms with E-state index in [0.717, 1.165) is 16.9 Å². The van der Waals surface area contributed by atoms with Gasteiger partial charge in [-0.25, -0.2) is 4.98 Å². The fourth-order valence-corrected chi connectivity index (χ4v) is 2.60. The van der Waals surface area contributed by atoms with Crippen molar-refractivity contribution < 1.29 is 9.53 Å². The summed E-state index contributed by atoms with van der Waals surface area (Å²) in [5.41, 5.74) is 3.29. The maximum absolute atomic E-state index is 12.2. The molecule has 3 rings (SSSR count). The number of amides is 1. The Morgan fingerprint density at radius 2 is 1.77 bits per heavy atom. The number of nitrogens with zero attached hydrogens (tertiary/aromatic N) is 1. The van der Waals surface area contributed by atoms with Crippen molar-refractivity contribution in [2.75, 3.05) is 17.7 Å². The fourth-order valence-electron chi connectivity index (χ4n) is 2.35. The number of methoxy groups -OCH3 is 1. The van der Waals surface area contributed by atoms with Crippen LogP contribution in [0.4, 0.5) is 17.2 Å². The highest BCUT2D eigenvalue weighted by molar-refractivity contribution is 6.32. The summed E-state index contributed by atoms with van der Waals surface area (Å²) in [6.45, 7) is 1.98. The van der Waals surface area contributed by atoms with E-state index in [9.17, 15) is 4.79 Å². The van der Waals surface area contributed by atoms with E-state index in [0.29, 0.717) is 22.2 Å². The summed E-state index contributed by atoms with van der Waals surface area (Å²) in [6, 6.07) is 16.3. The predicted octanol–water partition coefficient (Wildman–Crippen LogP) is 5.05. The molecule has 5 nitrogen and oxygen atoms in total. The second-order valence-electron chi connectivity index (χ2n) is 5.73. The van der Waals surface area contributed by atoms with E-state index in [1.54, 1.807) is 43.6 Å². The van der Waals surface area contributed by atoms with Crippen LogP contribution in [-0.2, 0) is 0 Å². The highest BCUT2D eigenvalue weighted by Crippen LogP contribution is 2.28. The third-order valence-corrected chi connectivity index (χ3v) is 4.05. The molecule has 3 aromatic rings. The number of carbonyl (C=O) groups is 1. The first-order valence-corrected chi connectivity index (χ1v) is 8.37. The second-order valence-corrected chi connectivity index (χ2v) is 6.13. The van der Waals surface area contributed by atoms with Gasteiger partial charge >= 0.3 is 0 Å². The first kappa shape index (κ1) is 17.8. The van der Waals surface area contributed by atoms with Gasteiger partial charge in [0.25, 0.3) is 5.91 Å². The number of pyridine rings is 1. The van der Waals surface area contributed by atoms with Gasteiger partial charge in [0.05, 0.1) is 24.0 Å². The summed E-state index contributed by atoms with van der Waals surface area (Å²) in [4.78, 5) is 16.5. The Balaban J connectivity index is 1.65. The Morgan fingerprint density at radius 3 is 2.38 bits per heavy atom. The molecule has 0 aliphatic heterocycles. The molecule has 0 saturated carbocycles. The highest BCUT2D eigenvalue weighted by Gasteiger charge is 2.07. The molecule has 0 bridgehead atoms. The predicted molar refractivity (Wildman–Crippen MR) is 105 cm³/mol. The number of aromatic nitrogens is 1. The molecule has 1 aromatic heterocycles. The van der Waals surface area contributed by atoms with Crippen molar-refractivity contribution in [2.45, 2.75) is 6.92 Å². The molecule has 132 valence electrons. The van der Waals surface area contributed by atoms with Crippen molar-refractivity contribution in [1.29, 1.82) is 0 Å². The van der Waals surface area contributed by atoms with Crippen LogP contribution in [-0.4, -0.2) is 18.0 Å². The number of ether oxygens (including phenoxy) is 1. The Labute approximate surface area is 157 Å². The number of hydrogen-bond donors (Lipinski definition) is 2. The van der Waals surface area contributed by atoms with Crippen LogP contribution in [0.1, 0.15) is 15.9 Å². The van der Waals surface area contributed by atoms with Crippen molar-refractivity contribution in [2.24, 2.45) is 0 Å². The zero-order valence-corrected chi connectivity index (χ0v) is 15.2. The number of anilines is 3. The minimum absolute atomic E-state index is 0.194. The fraction of sp³-hybridized carbons (Fsp3) is 0.100. The van der Waals surface area contributed by atoms with Crippen LogP contribution in [0.2, 0.25) is 5.02 Å². The quantitative estimate of drug-likeness (QED) is 0.662. The monoisotopic (exact) mass is 367 g/mol. The number of aryl methyl sites for hydroxylation is 1. The summed E-state index contributed by atoms with van der Waals surface area (Å²) in [5.74, 6) is 0.901. The van der Waals surface area contributed by atoms with Gasteiger partial charge in [-0.1, -0.05) is 29.3 Å². The molecule has 6 heteroatoms. The molecule has 1 heterocycles. The van der Waals surface area contributed by atoms with Crippen LogP contribution >= 0.6 is 11.6 Å². The Morgan fingerprint density at radius 1 is 1.04 bits per heavy atom. The molecule has 26 heavy (non-hydrogen) atoms. The van der Waals surface area contributed by atoms with E-state index in [1.165, 1.54) is 0 Å². The summed E-state index contributed by atoms with van der Waals surface area (Å²) >= 11 is 6.12. The summed E-state index contributed by atoms with van der Waals surface area (Å²) in [6.07, 6.45) is 1.64. The lowest BCUT2D eigenvalue weighted by molar-refractivity contribution is 0.102. The van der Waals surface area contributed by atoms with Gasteiger partial charge in [0.1, 0.15) is 11.6 Å². The molecule has 0 fully saturated rings. The Kier molecular flexibility index (Phi) is 5.39. The average Bonchev–Trinajstić information content (AvgIpc) is 2.64. The third-order valence-electron chi connectivity index (χ3n) is 3.76. The standard InChI is InChI=1S/C20H18ClN3O2/c1-13-3-5-14(6-4-13)20(25)24-19-10-8-16(12-22-19)23-15-7-9-18(26-2)17(21)11-15/h3-12,23H,1-2H3,(H,22,24,25). The summed E-state index contributed by atoms with van der Waals surface area (Å²) in [5, 5.41) is 6.50. The molecule has 0 spiro atoms. The molecule has 2 N–H and O–H groups in total. The smallest absolute Gasteiger partial charge is 0.256 e. The van der Waals surface area contributed by atoms with Gasteiger partial charge in [-0.3, -0.25) is 4.79 Å². The maximum Gasteiger partial charge on any atom is 0.256 e. The number of hydrogen-bond acceptors (Lipinski definition) is 4. The summed E-state index contributed by atoms with van der Waals surface area (Å²) < 4.78 is 5.13. The van der Waals surface area contributed by atoms with Crippen molar-refractivity contribution in [3.8, 4) is 5.75 Å². The van der Waals surface area contributed by atoms with Crippen LogP contribution in [0.25, 0.3) is 0 Å². The van der Waals surface area contributed by atoms with Gasteiger partial charge in [0.2, 0.25) is 0 Å². The highest BCUT2D eigenvalue weighted by atomic mass is 35.5. The largest absolute Gasteiger partial charge is 0.495 e. The topological polar surface area (TPSA) is 63.2 Å². The van der Waals surface area contributed by atoms with Crippen LogP contribution in [0.3, 0.4) is 0 Å². The lowest BCUT2D eigenvalue weighted by Crippen LogP contribution is -2.12. The molecule has 0 aliphatic rings. The SMILES string of the molecule is COc1ccc(Nc2ccc(NC(=O)c3ccc(C)cc3)nc2)cc1Cl. The molecule has 0 atom stereocenters.